The number of amides is 1. The molecule has 1 amide bonds. The first-order valence-corrected chi connectivity index (χ1v) is 8.25. The fourth-order valence-corrected chi connectivity index (χ4v) is 3.08. The SMILES string of the molecule is C[C@@H](C(=O)Nc1ccc(Cl)c(C(F)(F)F)c1)N1CCC[C@H](C(F)(F)F)C1. The molecule has 0 spiro atoms. The molecule has 0 bridgehead atoms. The quantitative estimate of drug-likeness (QED) is 0.725. The van der Waals surface area contributed by atoms with E-state index in [0.29, 0.717) is 19.0 Å². The van der Waals surface area contributed by atoms with E-state index in [2.05, 4.69) is 5.32 Å². The maximum absolute atomic E-state index is 12.9. The lowest BCUT2D eigenvalue weighted by molar-refractivity contribution is -0.188. The number of alkyl halides is 6. The van der Waals surface area contributed by atoms with E-state index in [9.17, 15) is 31.1 Å². The van der Waals surface area contributed by atoms with E-state index in [1.54, 1.807) is 0 Å². The van der Waals surface area contributed by atoms with Crippen LogP contribution in [0.5, 0.6) is 0 Å². The molecule has 26 heavy (non-hydrogen) atoms. The Bertz CT molecular complexity index is 661. The van der Waals surface area contributed by atoms with E-state index < -0.39 is 40.8 Å². The van der Waals surface area contributed by atoms with Crippen LogP contribution in [-0.2, 0) is 11.0 Å². The molecule has 0 unspecified atom stereocenters. The maximum Gasteiger partial charge on any atom is 0.417 e. The summed E-state index contributed by atoms with van der Waals surface area (Å²) in [6.45, 7) is 1.43. The van der Waals surface area contributed by atoms with Gasteiger partial charge < -0.3 is 5.32 Å². The zero-order valence-electron chi connectivity index (χ0n) is 13.7. The van der Waals surface area contributed by atoms with Gasteiger partial charge in [0.2, 0.25) is 5.91 Å². The molecule has 1 saturated heterocycles. The van der Waals surface area contributed by atoms with Gasteiger partial charge in [0.05, 0.1) is 22.5 Å². The molecule has 0 saturated carbocycles. The second kappa shape index (κ2) is 7.64. The van der Waals surface area contributed by atoms with Crippen molar-refractivity contribution in [2.75, 3.05) is 18.4 Å². The Labute approximate surface area is 151 Å². The molecule has 2 atom stereocenters. The average Bonchev–Trinajstić information content (AvgIpc) is 2.54. The van der Waals surface area contributed by atoms with Gasteiger partial charge in [0.1, 0.15) is 0 Å². The molecule has 1 N–H and O–H groups in total. The van der Waals surface area contributed by atoms with Gasteiger partial charge in [0.25, 0.3) is 0 Å². The van der Waals surface area contributed by atoms with Gasteiger partial charge in [-0.15, -0.1) is 0 Å². The van der Waals surface area contributed by atoms with E-state index in [1.165, 1.54) is 17.9 Å². The summed E-state index contributed by atoms with van der Waals surface area (Å²) in [7, 11) is 0. The van der Waals surface area contributed by atoms with Gasteiger partial charge in [0, 0.05) is 12.2 Å². The Morgan fingerprint density at radius 3 is 2.50 bits per heavy atom. The third kappa shape index (κ3) is 5.03. The number of hydrogen-bond acceptors (Lipinski definition) is 2. The van der Waals surface area contributed by atoms with Crippen LogP contribution in [0.1, 0.15) is 25.3 Å². The lowest BCUT2D eigenvalue weighted by atomic mass is 9.96. The van der Waals surface area contributed by atoms with Crippen molar-refractivity contribution in [1.82, 2.24) is 4.90 Å². The molecule has 0 aliphatic carbocycles. The van der Waals surface area contributed by atoms with Crippen molar-refractivity contribution in [2.24, 2.45) is 5.92 Å². The van der Waals surface area contributed by atoms with Crippen molar-refractivity contribution in [3.8, 4) is 0 Å². The number of carbonyl (C=O) groups is 1. The molecular weight excluding hydrogens is 386 g/mol. The highest BCUT2D eigenvalue weighted by atomic mass is 35.5. The molecule has 1 aromatic rings. The van der Waals surface area contributed by atoms with Crippen molar-refractivity contribution in [2.45, 2.75) is 38.2 Å². The summed E-state index contributed by atoms with van der Waals surface area (Å²) in [6, 6.07) is 1.99. The van der Waals surface area contributed by atoms with Crippen molar-refractivity contribution >= 4 is 23.2 Å². The molecular formula is C16H17ClF6N2O. The van der Waals surface area contributed by atoms with E-state index in [-0.39, 0.29) is 18.7 Å². The van der Waals surface area contributed by atoms with E-state index >= 15 is 0 Å². The summed E-state index contributed by atoms with van der Waals surface area (Å²) in [4.78, 5) is 13.7. The summed E-state index contributed by atoms with van der Waals surface area (Å²) < 4.78 is 77.2. The average molecular weight is 403 g/mol. The lowest BCUT2D eigenvalue weighted by Gasteiger charge is -2.36. The van der Waals surface area contributed by atoms with Gasteiger partial charge in [-0.05, 0) is 44.5 Å². The molecule has 1 aromatic carbocycles. The Morgan fingerprint density at radius 2 is 1.92 bits per heavy atom. The zero-order chi connectivity index (χ0) is 19.7. The van der Waals surface area contributed by atoms with Gasteiger partial charge in [-0.25, -0.2) is 0 Å². The summed E-state index contributed by atoms with van der Waals surface area (Å²) in [6.07, 6.45) is -8.73. The fourth-order valence-electron chi connectivity index (χ4n) is 2.86. The van der Waals surface area contributed by atoms with Gasteiger partial charge in [-0.1, -0.05) is 11.6 Å². The maximum atomic E-state index is 12.9. The summed E-state index contributed by atoms with van der Waals surface area (Å²) in [5, 5.41) is 1.80. The Morgan fingerprint density at radius 1 is 1.27 bits per heavy atom. The van der Waals surface area contributed by atoms with Crippen LogP contribution in [0, 0.1) is 5.92 Å². The Kier molecular flexibility index (Phi) is 6.12. The highest BCUT2D eigenvalue weighted by Gasteiger charge is 2.43. The molecule has 146 valence electrons. The minimum Gasteiger partial charge on any atom is -0.325 e. The number of hydrogen-bond donors (Lipinski definition) is 1. The number of halogens is 7. The van der Waals surface area contributed by atoms with Gasteiger partial charge in [-0.3, -0.25) is 9.69 Å². The molecule has 1 heterocycles. The zero-order valence-corrected chi connectivity index (χ0v) is 14.5. The van der Waals surface area contributed by atoms with Gasteiger partial charge in [0.15, 0.2) is 0 Å². The number of likely N-dealkylation sites (tertiary alicyclic amines) is 1. The van der Waals surface area contributed by atoms with Crippen LogP contribution in [0.15, 0.2) is 18.2 Å². The van der Waals surface area contributed by atoms with Crippen molar-refractivity contribution in [3.63, 3.8) is 0 Å². The molecule has 1 aliphatic heterocycles. The monoisotopic (exact) mass is 402 g/mol. The van der Waals surface area contributed by atoms with Crippen LogP contribution in [-0.4, -0.2) is 36.1 Å². The summed E-state index contributed by atoms with van der Waals surface area (Å²) >= 11 is 5.51. The molecule has 1 aliphatic rings. The summed E-state index contributed by atoms with van der Waals surface area (Å²) in [5.74, 6) is -2.19. The van der Waals surface area contributed by atoms with E-state index in [4.69, 9.17) is 11.6 Å². The highest BCUT2D eigenvalue weighted by Crippen LogP contribution is 2.36. The van der Waals surface area contributed by atoms with Crippen LogP contribution in [0.2, 0.25) is 5.02 Å². The normalized spacial score (nSPS) is 20.7. The standard InChI is InChI=1S/C16H17ClF6N2O/c1-9(25-6-2-3-10(8-25)15(18,19)20)14(26)24-11-4-5-13(17)12(7-11)16(21,22)23/h4-5,7,9-10H,2-3,6,8H2,1H3,(H,24,26)/t9-,10-/m0/s1. The number of benzene rings is 1. The van der Waals surface area contributed by atoms with Crippen molar-refractivity contribution in [1.29, 1.82) is 0 Å². The van der Waals surface area contributed by atoms with E-state index in [1.807, 2.05) is 0 Å². The third-order valence-corrected chi connectivity index (χ3v) is 4.71. The molecule has 0 radical (unpaired) electrons. The predicted molar refractivity (Wildman–Crippen MR) is 84.9 cm³/mol. The largest absolute Gasteiger partial charge is 0.417 e. The van der Waals surface area contributed by atoms with Crippen LogP contribution >= 0.6 is 11.6 Å². The van der Waals surface area contributed by atoms with Crippen molar-refractivity contribution in [3.05, 3.63) is 28.8 Å². The molecule has 1 fully saturated rings. The second-order valence-corrected chi connectivity index (χ2v) is 6.64. The molecule has 10 heteroatoms. The van der Waals surface area contributed by atoms with Crippen LogP contribution in [0.3, 0.4) is 0 Å². The Balaban J connectivity index is 2.08. The number of rotatable bonds is 3. The smallest absolute Gasteiger partial charge is 0.325 e. The Hall–Kier alpha value is -1.48. The van der Waals surface area contributed by atoms with E-state index in [0.717, 1.165) is 6.07 Å². The van der Waals surface area contributed by atoms with Crippen LogP contribution < -0.4 is 5.32 Å². The number of nitrogens with zero attached hydrogens (tertiary/aromatic N) is 1. The van der Waals surface area contributed by atoms with Crippen LogP contribution in [0.25, 0.3) is 0 Å². The minimum absolute atomic E-state index is 0.000462. The fraction of sp³-hybridized carbons (Fsp3) is 0.562. The number of piperidine rings is 1. The predicted octanol–water partition coefficient (Wildman–Crippen LogP) is 4.96. The topological polar surface area (TPSA) is 32.3 Å². The van der Waals surface area contributed by atoms with Crippen molar-refractivity contribution < 1.29 is 31.1 Å². The molecule has 0 aromatic heterocycles. The molecule has 2 rings (SSSR count). The van der Waals surface area contributed by atoms with Gasteiger partial charge in [-0.2, -0.15) is 26.3 Å². The van der Waals surface area contributed by atoms with Gasteiger partial charge >= 0.3 is 12.4 Å². The summed E-state index contributed by atoms with van der Waals surface area (Å²) in [5.41, 5.74) is -1.22. The first-order chi connectivity index (χ1) is 11.9. The van der Waals surface area contributed by atoms with Crippen LogP contribution in [0.4, 0.5) is 32.0 Å². The molecule has 3 nitrogen and oxygen atoms in total. The minimum atomic E-state index is -4.68. The first-order valence-electron chi connectivity index (χ1n) is 7.88. The first kappa shape index (κ1) is 20.8. The number of anilines is 1. The number of carbonyl (C=O) groups excluding carboxylic acids is 1. The lowest BCUT2D eigenvalue weighted by Crippen LogP contribution is -2.49. The highest BCUT2D eigenvalue weighted by molar-refractivity contribution is 6.31. The third-order valence-electron chi connectivity index (χ3n) is 4.38. The number of nitrogens with one attached hydrogen (secondary N) is 1. The second-order valence-electron chi connectivity index (χ2n) is 6.23.